The average molecular weight is 228 g/mol. The van der Waals surface area contributed by atoms with Crippen molar-refractivity contribution >= 4 is 17.1 Å². The van der Waals surface area contributed by atoms with Gasteiger partial charge in [0.05, 0.1) is 0 Å². The summed E-state index contributed by atoms with van der Waals surface area (Å²) in [6.45, 7) is 0.110. The minimum absolute atomic E-state index is 0.110. The Morgan fingerprint density at radius 3 is 2.47 bits per heavy atom. The van der Waals surface area contributed by atoms with Crippen molar-refractivity contribution in [1.82, 2.24) is 0 Å². The van der Waals surface area contributed by atoms with Crippen molar-refractivity contribution in [1.29, 1.82) is 0 Å². The predicted octanol–water partition coefficient (Wildman–Crippen LogP) is 2.55. The molecule has 2 aromatic carbocycles. The van der Waals surface area contributed by atoms with Crippen LogP contribution in [-0.4, -0.2) is 11.7 Å². The van der Waals surface area contributed by atoms with Gasteiger partial charge in [-0.25, -0.2) is 0 Å². The highest BCUT2D eigenvalue weighted by atomic mass is 16.2. The van der Waals surface area contributed by atoms with Crippen LogP contribution >= 0.6 is 0 Å². The molecule has 4 N–H and O–H groups in total. The molecule has 3 nitrogen and oxygen atoms in total. The molecule has 2 aromatic rings. The quantitative estimate of drug-likeness (QED) is 0.705. The third kappa shape index (κ3) is 2.98. The molecule has 0 spiro atoms. The van der Waals surface area contributed by atoms with E-state index in [1.807, 2.05) is 48.5 Å². The van der Waals surface area contributed by atoms with Crippen molar-refractivity contribution in [2.45, 2.75) is 6.42 Å². The molecule has 0 aliphatic rings. The van der Waals surface area contributed by atoms with Crippen molar-refractivity contribution in [2.24, 2.45) is 0 Å². The van der Waals surface area contributed by atoms with E-state index in [1.54, 1.807) is 0 Å². The van der Waals surface area contributed by atoms with Crippen LogP contribution in [0, 0.1) is 0 Å². The highest BCUT2D eigenvalue weighted by Crippen LogP contribution is 2.21. The zero-order valence-electron chi connectivity index (χ0n) is 9.56. The Labute approximate surface area is 101 Å². The van der Waals surface area contributed by atoms with Crippen LogP contribution in [-0.2, 0) is 6.42 Å². The number of nitrogen functional groups attached to an aromatic ring is 1. The van der Waals surface area contributed by atoms with Gasteiger partial charge in [0.15, 0.2) is 0 Å². The summed E-state index contributed by atoms with van der Waals surface area (Å²) >= 11 is 0. The molecule has 0 saturated heterocycles. The summed E-state index contributed by atoms with van der Waals surface area (Å²) in [5, 5.41) is 12.2. The lowest BCUT2D eigenvalue weighted by molar-refractivity contribution is 0.300. The maximum absolute atomic E-state index is 8.95. The molecule has 2 rings (SSSR count). The molecular weight excluding hydrogens is 212 g/mol. The Kier molecular flexibility index (Phi) is 3.62. The fraction of sp³-hybridized carbons (Fsp3) is 0.143. The van der Waals surface area contributed by atoms with E-state index < -0.39 is 0 Å². The number of hydrogen-bond donors (Lipinski definition) is 3. The van der Waals surface area contributed by atoms with Crippen molar-refractivity contribution in [3.8, 4) is 0 Å². The molecule has 17 heavy (non-hydrogen) atoms. The molecule has 0 aliphatic carbocycles. The van der Waals surface area contributed by atoms with Gasteiger partial charge >= 0.3 is 0 Å². The molecule has 0 bridgehead atoms. The van der Waals surface area contributed by atoms with Gasteiger partial charge in [-0.3, -0.25) is 0 Å². The average Bonchev–Trinajstić information content (AvgIpc) is 2.35. The third-order valence-electron chi connectivity index (χ3n) is 2.59. The van der Waals surface area contributed by atoms with Gasteiger partial charge in [0, 0.05) is 23.7 Å². The molecule has 0 aliphatic heterocycles. The zero-order valence-corrected chi connectivity index (χ0v) is 9.56. The van der Waals surface area contributed by atoms with Crippen LogP contribution in [0.5, 0.6) is 0 Å². The summed E-state index contributed by atoms with van der Waals surface area (Å²) in [6.07, 6.45) is 0.580. The molecule has 0 unspecified atom stereocenters. The molecule has 88 valence electrons. The lowest BCUT2D eigenvalue weighted by atomic mass is 10.1. The SMILES string of the molecule is Nc1ccc(Nc2ccccc2)cc1CCO. The smallest absolute Gasteiger partial charge is 0.0472 e. The first-order valence-corrected chi connectivity index (χ1v) is 5.61. The molecule has 0 radical (unpaired) electrons. The maximum Gasteiger partial charge on any atom is 0.0472 e. The van der Waals surface area contributed by atoms with Gasteiger partial charge in [0.2, 0.25) is 0 Å². The van der Waals surface area contributed by atoms with E-state index in [2.05, 4.69) is 5.32 Å². The maximum atomic E-state index is 8.95. The first-order valence-electron chi connectivity index (χ1n) is 5.61. The van der Waals surface area contributed by atoms with Crippen LogP contribution in [0.2, 0.25) is 0 Å². The Bertz CT molecular complexity index is 483. The number of aliphatic hydroxyl groups is 1. The second-order valence-corrected chi connectivity index (χ2v) is 3.88. The molecule has 0 fully saturated rings. The Hall–Kier alpha value is -2.00. The van der Waals surface area contributed by atoms with Crippen LogP contribution in [0.1, 0.15) is 5.56 Å². The van der Waals surface area contributed by atoms with Crippen LogP contribution in [0.4, 0.5) is 17.1 Å². The number of para-hydroxylation sites is 1. The van der Waals surface area contributed by atoms with Crippen molar-refractivity contribution < 1.29 is 5.11 Å². The zero-order chi connectivity index (χ0) is 12.1. The van der Waals surface area contributed by atoms with Crippen molar-refractivity contribution in [3.63, 3.8) is 0 Å². The number of nitrogens with one attached hydrogen (secondary N) is 1. The van der Waals surface area contributed by atoms with E-state index in [9.17, 15) is 0 Å². The van der Waals surface area contributed by atoms with Gasteiger partial charge < -0.3 is 16.2 Å². The van der Waals surface area contributed by atoms with Crippen LogP contribution in [0.3, 0.4) is 0 Å². The molecule has 0 amide bonds. The first kappa shape index (κ1) is 11.5. The fourth-order valence-corrected chi connectivity index (χ4v) is 1.71. The predicted molar refractivity (Wildman–Crippen MR) is 71.4 cm³/mol. The van der Waals surface area contributed by atoms with Crippen molar-refractivity contribution in [2.75, 3.05) is 17.7 Å². The molecule has 0 saturated carbocycles. The second kappa shape index (κ2) is 5.37. The Morgan fingerprint density at radius 1 is 1.00 bits per heavy atom. The highest BCUT2D eigenvalue weighted by Gasteiger charge is 2.01. The number of hydrogen-bond acceptors (Lipinski definition) is 3. The normalized spacial score (nSPS) is 10.2. The lowest BCUT2D eigenvalue weighted by Gasteiger charge is -2.10. The summed E-state index contributed by atoms with van der Waals surface area (Å²) in [5.41, 5.74) is 9.53. The van der Waals surface area contributed by atoms with Crippen LogP contribution < -0.4 is 11.1 Å². The third-order valence-corrected chi connectivity index (χ3v) is 2.59. The summed E-state index contributed by atoms with van der Waals surface area (Å²) in [7, 11) is 0. The Morgan fingerprint density at radius 2 is 1.76 bits per heavy atom. The summed E-state index contributed by atoms with van der Waals surface area (Å²) < 4.78 is 0. The summed E-state index contributed by atoms with van der Waals surface area (Å²) in [5.74, 6) is 0. The fourth-order valence-electron chi connectivity index (χ4n) is 1.71. The standard InChI is InChI=1S/C14H16N2O/c15-14-7-6-13(10-11(14)8-9-17)16-12-4-2-1-3-5-12/h1-7,10,16-17H,8-9,15H2. The van der Waals surface area contributed by atoms with Gasteiger partial charge in [-0.2, -0.15) is 0 Å². The number of rotatable bonds is 4. The molecule has 0 heterocycles. The number of nitrogens with two attached hydrogens (primary N) is 1. The van der Waals surface area contributed by atoms with Gasteiger partial charge in [-0.05, 0) is 42.3 Å². The molecular formula is C14H16N2O. The second-order valence-electron chi connectivity index (χ2n) is 3.88. The van der Waals surface area contributed by atoms with Gasteiger partial charge in [0.25, 0.3) is 0 Å². The molecule has 0 atom stereocenters. The molecule has 0 aromatic heterocycles. The minimum atomic E-state index is 0.110. The lowest BCUT2D eigenvalue weighted by Crippen LogP contribution is -1.99. The van der Waals surface area contributed by atoms with E-state index >= 15 is 0 Å². The molecule has 3 heteroatoms. The number of aliphatic hydroxyl groups excluding tert-OH is 1. The van der Waals surface area contributed by atoms with E-state index in [4.69, 9.17) is 10.8 Å². The van der Waals surface area contributed by atoms with E-state index in [0.29, 0.717) is 6.42 Å². The van der Waals surface area contributed by atoms with Gasteiger partial charge in [-0.1, -0.05) is 18.2 Å². The van der Waals surface area contributed by atoms with Crippen LogP contribution in [0.25, 0.3) is 0 Å². The minimum Gasteiger partial charge on any atom is -0.399 e. The summed E-state index contributed by atoms with van der Waals surface area (Å²) in [6, 6.07) is 15.7. The first-order chi connectivity index (χ1) is 8.29. The monoisotopic (exact) mass is 228 g/mol. The number of anilines is 3. The van der Waals surface area contributed by atoms with Crippen LogP contribution in [0.15, 0.2) is 48.5 Å². The van der Waals surface area contributed by atoms with Gasteiger partial charge in [0.1, 0.15) is 0 Å². The topological polar surface area (TPSA) is 58.3 Å². The highest BCUT2D eigenvalue weighted by molar-refractivity contribution is 5.64. The van der Waals surface area contributed by atoms with Gasteiger partial charge in [-0.15, -0.1) is 0 Å². The van der Waals surface area contributed by atoms with E-state index in [-0.39, 0.29) is 6.61 Å². The number of benzene rings is 2. The Balaban J connectivity index is 2.19. The van der Waals surface area contributed by atoms with E-state index in [0.717, 1.165) is 22.6 Å². The van der Waals surface area contributed by atoms with E-state index in [1.165, 1.54) is 0 Å². The summed E-state index contributed by atoms with van der Waals surface area (Å²) in [4.78, 5) is 0. The van der Waals surface area contributed by atoms with Crippen molar-refractivity contribution in [3.05, 3.63) is 54.1 Å². The largest absolute Gasteiger partial charge is 0.399 e.